The molecule has 0 atom stereocenters. The van der Waals surface area contributed by atoms with Crippen LogP contribution in [0.3, 0.4) is 0 Å². The number of aryl methyl sites for hydroxylation is 2. The van der Waals surface area contributed by atoms with Crippen LogP contribution in [0.25, 0.3) is 6.08 Å². The van der Waals surface area contributed by atoms with Crippen LogP contribution in [-0.2, 0) is 6.42 Å². The lowest BCUT2D eigenvalue weighted by atomic mass is 9.95. The predicted molar refractivity (Wildman–Crippen MR) is 48.5 cm³/mol. The van der Waals surface area contributed by atoms with Crippen LogP contribution in [0.1, 0.15) is 23.1 Å². The normalized spacial score (nSPS) is 14.5. The van der Waals surface area contributed by atoms with Crippen LogP contribution >= 0.6 is 0 Å². The lowest BCUT2D eigenvalue weighted by Gasteiger charge is -2.11. The van der Waals surface area contributed by atoms with Crippen molar-refractivity contribution >= 4 is 6.08 Å². The molecule has 0 unspecified atom stereocenters. The number of halogens is 1. The number of fused-ring (bicyclic) bond motifs is 1. The molecule has 2 rings (SSSR count). The average Bonchev–Trinajstić information content (AvgIpc) is 2.12. The lowest BCUT2D eigenvalue weighted by Crippen LogP contribution is -1.98. The van der Waals surface area contributed by atoms with Gasteiger partial charge in [0.1, 0.15) is 5.82 Å². The molecule has 0 amide bonds. The van der Waals surface area contributed by atoms with Crippen LogP contribution in [0.15, 0.2) is 18.2 Å². The molecule has 0 N–H and O–H groups in total. The Morgan fingerprint density at radius 3 is 3.00 bits per heavy atom. The largest absolute Gasteiger partial charge is 0.206 e. The highest BCUT2D eigenvalue weighted by atomic mass is 19.1. The fourth-order valence-corrected chi connectivity index (χ4v) is 1.58. The molecular weight excluding hydrogens is 151 g/mol. The minimum absolute atomic E-state index is 0.0524. The summed E-state index contributed by atoms with van der Waals surface area (Å²) in [5.74, 6) is -0.0524. The van der Waals surface area contributed by atoms with E-state index in [1.54, 1.807) is 6.92 Å². The van der Waals surface area contributed by atoms with Gasteiger partial charge >= 0.3 is 0 Å². The van der Waals surface area contributed by atoms with E-state index in [1.807, 2.05) is 24.3 Å². The Kier molecular flexibility index (Phi) is 1.72. The number of benzene rings is 1. The molecule has 12 heavy (non-hydrogen) atoms. The van der Waals surface area contributed by atoms with Gasteiger partial charge in [-0.25, -0.2) is 4.39 Å². The fourth-order valence-electron chi connectivity index (χ4n) is 1.58. The molecule has 1 aromatic rings. The smallest absolute Gasteiger partial charge is 0.133 e. The van der Waals surface area contributed by atoms with Crippen molar-refractivity contribution in [2.24, 2.45) is 0 Å². The third-order valence-electron chi connectivity index (χ3n) is 2.33. The first-order valence-electron chi connectivity index (χ1n) is 4.23. The molecule has 0 saturated carbocycles. The minimum atomic E-state index is -0.0524. The molecule has 1 aliphatic rings. The van der Waals surface area contributed by atoms with Gasteiger partial charge in [0.15, 0.2) is 0 Å². The standard InChI is InChI=1S/C11H11F/c1-8-6-7-9-4-2-3-5-10(9)11(8)12/h3,5-7H,2,4H2,1H3. The number of hydrogen-bond acceptors (Lipinski definition) is 0. The second-order valence-electron chi connectivity index (χ2n) is 3.21. The highest BCUT2D eigenvalue weighted by molar-refractivity contribution is 5.58. The lowest BCUT2D eigenvalue weighted by molar-refractivity contribution is 0.612. The SMILES string of the molecule is Cc1ccc2c(c1F)C=CCC2. The van der Waals surface area contributed by atoms with Crippen molar-refractivity contribution in [2.75, 3.05) is 0 Å². The molecule has 0 aromatic heterocycles. The van der Waals surface area contributed by atoms with E-state index in [2.05, 4.69) is 0 Å². The van der Waals surface area contributed by atoms with Crippen molar-refractivity contribution in [1.82, 2.24) is 0 Å². The number of hydrogen-bond donors (Lipinski definition) is 0. The first kappa shape index (κ1) is 7.53. The van der Waals surface area contributed by atoms with Crippen LogP contribution in [0, 0.1) is 12.7 Å². The van der Waals surface area contributed by atoms with Crippen LogP contribution in [-0.4, -0.2) is 0 Å². The van der Waals surface area contributed by atoms with E-state index in [4.69, 9.17) is 0 Å². The Bertz CT molecular complexity index is 337. The maximum absolute atomic E-state index is 13.4. The topological polar surface area (TPSA) is 0 Å². The molecule has 0 spiro atoms. The van der Waals surface area contributed by atoms with Crippen LogP contribution in [0.5, 0.6) is 0 Å². The maximum Gasteiger partial charge on any atom is 0.133 e. The quantitative estimate of drug-likeness (QED) is 0.550. The highest BCUT2D eigenvalue weighted by Crippen LogP contribution is 2.23. The third-order valence-corrected chi connectivity index (χ3v) is 2.33. The van der Waals surface area contributed by atoms with E-state index in [1.165, 1.54) is 0 Å². The van der Waals surface area contributed by atoms with Crippen molar-refractivity contribution in [3.8, 4) is 0 Å². The second-order valence-corrected chi connectivity index (χ2v) is 3.21. The van der Waals surface area contributed by atoms with Gasteiger partial charge in [-0.2, -0.15) is 0 Å². The molecule has 1 aliphatic carbocycles. The van der Waals surface area contributed by atoms with Crippen LogP contribution in [0.4, 0.5) is 4.39 Å². The molecule has 0 aliphatic heterocycles. The summed E-state index contributed by atoms with van der Waals surface area (Å²) in [5.41, 5.74) is 2.67. The zero-order chi connectivity index (χ0) is 8.55. The van der Waals surface area contributed by atoms with Gasteiger partial charge in [-0.15, -0.1) is 0 Å². The van der Waals surface area contributed by atoms with Gasteiger partial charge in [0, 0.05) is 5.56 Å². The number of rotatable bonds is 0. The molecule has 0 radical (unpaired) electrons. The molecule has 1 aromatic carbocycles. The Balaban J connectivity index is 2.64. The molecule has 0 heterocycles. The van der Waals surface area contributed by atoms with Crippen LogP contribution in [0.2, 0.25) is 0 Å². The van der Waals surface area contributed by atoms with Gasteiger partial charge in [0.25, 0.3) is 0 Å². The van der Waals surface area contributed by atoms with Gasteiger partial charge in [-0.3, -0.25) is 0 Å². The highest BCUT2D eigenvalue weighted by Gasteiger charge is 2.10. The first-order chi connectivity index (χ1) is 5.79. The van der Waals surface area contributed by atoms with Crippen molar-refractivity contribution in [3.63, 3.8) is 0 Å². The summed E-state index contributed by atoms with van der Waals surface area (Å²) >= 11 is 0. The summed E-state index contributed by atoms with van der Waals surface area (Å²) in [6.45, 7) is 1.80. The van der Waals surface area contributed by atoms with E-state index in [0.717, 1.165) is 29.5 Å². The fraction of sp³-hybridized carbons (Fsp3) is 0.273. The average molecular weight is 162 g/mol. The van der Waals surface area contributed by atoms with E-state index in [-0.39, 0.29) is 5.82 Å². The molecule has 0 saturated heterocycles. The van der Waals surface area contributed by atoms with Gasteiger partial charge in [-0.1, -0.05) is 24.3 Å². The molecule has 0 bridgehead atoms. The van der Waals surface area contributed by atoms with E-state index in [0.29, 0.717) is 0 Å². The Morgan fingerprint density at radius 1 is 1.33 bits per heavy atom. The monoisotopic (exact) mass is 162 g/mol. The van der Waals surface area contributed by atoms with Gasteiger partial charge < -0.3 is 0 Å². The zero-order valence-corrected chi connectivity index (χ0v) is 7.10. The summed E-state index contributed by atoms with van der Waals surface area (Å²) in [6.07, 6.45) is 5.94. The van der Waals surface area contributed by atoms with Gasteiger partial charge in [0.2, 0.25) is 0 Å². The van der Waals surface area contributed by atoms with Gasteiger partial charge in [0.05, 0.1) is 0 Å². The summed E-state index contributed by atoms with van der Waals surface area (Å²) in [5, 5.41) is 0. The van der Waals surface area contributed by atoms with Crippen molar-refractivity contribution < 1.29 is 4.39 Å². The van der Waals surface area contributed by atoms with E-state index in [9.17, 15) is 4.39 Å². The molecule has 62 valence electrons. The minimum Gasteiger partial charge on any atom is -0.206 e. The van der Waals surface area contributed by atoms with Crippen molar-refractivity contribution in [1.29, 1.82) is 0 Å². The first-order valence-corrected chi connectivity index (χ1v) is 4.23. The van der Waals surface area contributed by atoms with Gasteiger partial charge in [-0.05, 0) is 30.9 Å². The molecule has 1 heteroatoms. The van der Waals surface area contributed by atoms with E-state index >= 15 is 0 Å². The summed E-state index contributed by atoms with van der Waals surface area (Å²) in [4.78, 5) is 0. The maximum atomic E-state index is 13.4. The summed E-state index contributed by atoms with van der Waals surface area (Å²) in [6, 6.07) is 3.88. The zero-order valence-electron chi connectivity index (χ0n) is 7.10. The van der Waals surface area contributed by atoms with Crippen molar-refractivity contribution in [2.45, 2.75) is 19.8 Å². The van der Waals surface area contributed by atoms with Crippen LogP contribution < -0.4 is 0 Å². The summed E-state index contributed by atoms with van der Waals surface area (Å²) < 4.78 is 13.4. The Labute approximate surface area is 71.7 Å². The van der Waals surface area contributed by atoms with E-state index < -0.39 is 0 Å². The molecule has 0 nitrogen and oxygen atoms in total. The molecular formula is C11H11F. The molecule has 0 fully saturated rings. The number of allylic oxidation sites excluding steroid dienone is 1. The second kappa shape index (κ2) is 2.74. The van der Waals surface area contributed by atoms with Crippen molar-refractivity contribution in [3.05, 3.63) is 40.7 Å². The summed E-state index contributed by atoms with van der Waals surface area (Å²) in [7, 11) is 0. The Hall–Kier alpha value is -1.11. The predicted octanol–water partition coefficient (Wildman–Crippen LogP) is 3.09. The Morgan fingerprint density at radius 2 is 2.17 bits per heavy atom. The third kappa shape index (κ3) is 1.06.